The molecule has 2 fully saturated rings. The Morgan fingerprint density at radius 1 is 1.05 bits per heavy atom. The number of nitrogens with zero attached hydrogens (tertiary/aromatic N) is 3. The van der Waals surface area contributed by atoms with Crippen LogP contribution < -0.4 is 10.1 Å². The molecular formula is C30H32N4O5. The van der Waals surface area contributed by atoms with Crippen LogP contribution in [0.15, 0.2) is 73.1 Å². The maximum Gasteiger partial charge on any atom is 0.257 e. The van der Waals surface area contributed by atoms with Crippen LogP contribution in [0.5, 0.6) is 5.75 Å². The van der Waals surface area contributed by atoms with Crippen molar-refractivity contribution in [2.75, 3.05) is 26.8 Å². The smallest absolute Gasteiger partial charge is 0.257 e. The highest BCUT2D eigenvalue weighted by Crippen LogP contribution is 2.39. The molecule has 3 heterocycles. The summed E-state index contributed by atoms with van der Waals surface area (Å²) < 4.78 is 11.6. The number of hydrogen-bond donors (Lipinski definition) is 1. The molecule has 1 aromatic heterocycles. The van der Waals surface area contributed by atoms with Crippen LogP contribution in [0.1, 0.15) is 44.7 Å². The molecule has 202 valence electrons. The van der Waals surface area contributed by atoms with Gasteiger partial charge in [0.1, 0.15) is 17.5 Å². The number of aryl methyl sites for hydroxylation is 1. The van der Waals surface area contributed by atoms with Crippen molar-refractivity contribution in [3.05, 3.63) is 95.3 Å². The second kappa shape index (κ2) is 11.2. The Hall–Kier alpha value is -4.24. The van der Waals surface area contributed by atoms with Crippen LogP contribution in [0.25, 0.3) is 0 Å². The first-order chi connectivity index (χ1) is 18.9. The van der Waals surface area contributed by atoms with Gasteiger partial charge < -0.3 is 19.7 Å². The van der Waals surface area contributed by atoms with Crippen molar-refractivity contribution >= 4 is 17.7 Å². The van der Waals surface area contributed by atoms with Crippen LogP contribution in [0.2, 0.25) is 0 Å². The van der Waals surface area contributed by atoms with Crippen molar-refractivity contribution in [2.45, 2.75) is 38.1 Å². The molecule has 5 rings (SSSR count). The minimum Gasteiger partial charge on any atom is -0.497 e. The van der Waals surface area contributed by atoms with E-state index in [1.165, 1.54) is 0 Å². The Balaban J connectivity index is 1.37. The van der Waals surface area contributed by atoms with Gasteiger partial charge in [0.2, 0.25) is 5.91 Å². The molecule has 1 N–H and O–H groups in total. The first-order valence-corrected chi connectivity index (χ1v) is 13.0. The fourth-order valence-corrected chi connectivity index (χ4v) is 5.32. The molecule has 0 radical (unpaired) electrons. The van der Waals surface area contributed by atoms with E-state index in [0.29, 0.717) is 49.4 Å². The van der Waals surface area contributed by atoms with Crippen LogP contribution in [-0.4, -0.2) is 71.1 Å². The summed E-state index contributed by atoms with van der Waals surface area (Å²) in [6.45, 7) is 3.03. The molecule has 3 amide bonds. The maximum atomic E-state index is 14.0. The molecule has 2 saturated heterocycles. The van der Waals surface area contributed by atoms with E-state index in [2.05, 4.69) is 10.3 Å². The van der Waals surface area contributed by atoms with E-state index in [1.54, 1.807) is 59.6 Å². The van der Waals surface area contributed by atoms with Crippen LogP contribution >= 0.6 is 0 Å². The third-order valence-electron chi connectivity index (χ3n) is 7.50. The quantitative estimate of drug-likeness (QED) is 0.528. The number of carbonyl (C=O) groups excluding carboxylic acids is 3. The average Bonchev–Trinajstić information content (AvgIpc) is 3.34. The van der Waals surface area contributed by atoms with Gasteiger partial charge in [-0.15, -0.1) is 0 Å². The number of aromatic nitrogens is 1. The van der Waals surface area contributed by atoms with Gasteiger partial charge in [0.05, 0.1) is 13.7 Å². The zero-order valence-electron chi connectivity index (χ0n) is 22.1. The lowest BCUT2D eigenvalue weighted by atomic mass is 9.95. The van der Waals surface area contributed by atoms with Crippen molar-refractivity contribution in [1.29, 1.82) is 0 Å². The van der Waals surface area contributed by atoms with Gasteiger partial charge in [-0.1, -0.05) is 30.3 Å². The average molecular weight is 529 g/mol. The Morgan fingerprint density at radius 2 is 1.85 bits per heavy atom. The van der Waals surface area contributed by atoms with E-state index >= 15 is 0 Å². The molecule has 0 saturated carbocycles. The molecule has 3 aromatic rings. The number of amides is 3. The summed E-state index contributed by atoms with van der Waals surface area (Å²) in [5.41, 5.74) is 1.77. The summed E-state index contributed by atoms with van der Waals surface area (Å²) in [5, 5.41) is 2.94. The second-order valence-electron chi connectivity index (χ2n) is 9.87. The van der Waals surface area contributed by atoms with Crippen molar-refractivity contribution < 1.29 is 23.9 Å². The maximum absolute atomic E-state index is 14.0. The number of pyridine rings is 1. The van der Waals surface area contributed by atoms with Crippen molar-refractivity contribution in [3.63, 3.8) is 0 Å². The van der Waals surface area contributed by atoms with Crippen LogP contribution in [-0.2, 0) is 16.1 Å². The summed E-state index contributed by atoms with van der Waals surface area (Å²) >= 11 is 0. The lowest BCUT2D eigenvalue weighted by Gasteiger charge is -2.44. The summed E-state index contributed by atoms with van der Waals surface area (Å²) in [7, 11) is 1.56. The molecule has 9 heteroatoms. The SMILES string of the molecule is COc1cccc(C(=O)N2CCC3(CC2)OC[C@H](C(=O)NCc2cccnc2)N3C(=O)c2ccccc2C)c1. The van der Waals surface area contributed by atoms with Crippen LogP contribution in [0.4, 0.5) is 0 Å². The molecular weight excluding hydrogens is 496 g/mol. The first kappa shape index (κ1) is 26.4. The van der Waals surface area contributed by atoms with Crippen LogP contribution in [0.3, 0.4) is 0 Å². The third-order valence-corrected chi connectivity index (χ3v) is 7.50. The number of carbonyl (C=O) groups is 3. The predicted octanol–water partition coefficient (Wildman–Crippen LogP) is 3.19. The number of ether oxygens (including phenoxy) is 2. The number of piperidine rings is 1. The number of methoxy groups -OCH3 is 1. The van der Waals surface area contributed by atoms with Crippen molar-refractivity contribution in [2.24, 2.45) is 0 Å². The normalized spacial score (nSPS) is 18.2. The molecule has 2 aliphatic heterocycles. The third kappa shape index (κ3) is 5.35. The zero-order chi connectivity index (χ0) is 27.4. The number of hydrogen-bond acceptors (Lipinski definition) is 6. The number of benzene rings is 2. The summed E-state index contributed by atoms with van der Waals surface area (Å²) in [5.74, 6) is -0.0277. The highest BCUT2D eigenvalue weighted by Gasteiger charge is 2.54. The van der Waals surface area contributed by atoms with Gasteiger partial charge in [-0.2, -0.15) is 0 Å². The van der Waals surface area contributed by atoms with E-state index in [0.717, 1.165) is 11.1 Å². The molecule has 9 nitrogen and oxygen atoms in total. The van der Waals surface area contributed by atoms with E-state index in [-0.39, 0.29) is 24.3 Å². The molecule has 1 spiro atoms. The molecule has 2 aromatic carbocycles. The van der Waals surface area contributed by atoms with Crippen molar-refractivity contribution in [1.82, 2.24) is 20.1 Å². The molecule has 2 aliphatic rings. The lowest BCUT2D eigenvalue weighted by molar-refractivity contribution is -0.128. The summed E-state index contributed by atoms with van der Waals surface area (Å²) in [4.78, 5) is 48.1. The largest absolute Gasteiger partial charge is 0.497 e. The van der Waals surface area contributed by atoms with Gasteiger partial charge in [-0.3, -0.25) is 24.3 Å². The fourth-order valence-electron chi connectivity index (χ4n) is 5.32. The molecule has 39 heavy (non-hydrogen) atoms. The first-order valence-electron chi connectivity index (χ1n) is 13.0. The van der Waals surface area contributed by atoms with Gasteiger partial charge in [0.15, 0.2) is 0 Å². The standard InChI is InChI=1S/C30H32N4O5/c1-21-7-3-4-11-25(21)29(37)34-26(27(35)32-19-22-8-6-14-31-18-22)20-39-30(34)12-15-33(16-13-30)28(36)23-9-5-10-24(17-23)38-2/h3-11,14,17-18,26H,12-13,15-16,19-20H2,1-2H3,(H,32,35)/t26-/m1/s1. The van der Waals surface area contributed by atoms with E-state index in [4.69, 9.17) is 9.47 Å². The Bertz CT molecular complexity index is 1350. The monoisotopic (exact) mass is 528 g/mol. The van der Waals surface area contributed by atoms with Gasteiger partial charge in [0.25, 0.3) is 11.8 Å². The number of rotatable bonds is 6. The molecule has 0 aliphatic carbocycles. The van der Waals surface area contributed by atoms with Crippen molar-refractivity contribution in [3.8, 4) is 5.75 Å². The van der Waals surface area contributed by atoms with E-state index in [9.17, 15) is 14.4 Å². The Morgan fingerprint density at radius 3 is 2.56 bits per heavy atom. The predicted molar refractivity (Wildman–Crippen MR) is 144 cm³/mol. The highest BCUT2D eigenvalue weighted by molar-refractivity contribution is 5.99. The minimum atomic E-state index is -0.985. The lowest BCUT2D eigenvalue weighted by Crippen LogP contribution is -2.59. The second-order valence-corrected chi connectivity index (χ2v) is 9.87. The summed E-state index contributed by atoms with van der Waals surface area (Å²) in [6, 6.07) is 17.3. The van der Waals surface area contributed by atoms with E-state index in [1.807, 2.05) is 37.3 Å². The molecule has 0 bridgehead atoms. The topological polar surface area (TPSA) is 101 Å². The minimum absolute atomic E-state index is 0.0837. The zero-order valence-corrected chi connectivity index (χ0v) is 22.1. The molecule has 1 atom stereocenters. The number of likely N-dealkylation sites (tertiary alicyclic amines) is 1. The number of nitrogens with one attached hydrogen (secondary N) is 1. The Kier molecular flexibility index (Phi) is 7.60. The molecule has 0 unspecified atom stereocenters. The van der Waals surface area contributed by atoms with Gasteiger partial charge in [-0.25, -0.2) is 0 Å². The van der Waals surface area contributed by atoms with E-state index < -0.39 is 11.8 Å². The van der Waals surface area contributed by atoms with Gasteiger partial charge in [-0.05, 0) is 48.4 Å². The highest BCUT2D eigenvalue weighted by atomic mass is 16.5. The van der Waals surface area contributed by atoms with Crippen LogP contribution in [0, 0.1) is 6.92 Å². The summed E-state index contributed by atoms with van der Waals surface area (Å²) in [6.07, 6.45) is 4.16. The van der Waals surface area contributed by atoms with Gasteiger partial charge >= 0.3 is 0 Å². The Labute approximate surface area is 227 Å². The van der Waals surface area contributed by atoms with Gasteiger partial charge in [0, 0.05) is 56.0 Å². The fraction of sp³-hybridized carbons (Fsp3) is 0.333.